The predicted octanol–water partition coefficient (Wildman–Crippen LogP) is 3.63. The van der Waals surface area contributed by atoms with E-state index in [0.717, 1.165) is 21.4 Å². The summed E-state index contributed by atoms with van der Waals surface area (Å²) in [7, 11) is 1.53. The van der Waals surface area contributed by atoms with E-state index >= 15 is 0 Å². The molecule has 0 radical (unpaired) electrons. The maximum absolute atomic E-state index is 14.1. The molecule has 1 aliphatic rings. The Morgan fingerprint density at radius 3 is 2.48 bits per heavy atom. The topological polar surface area (TPSA) is 128 Å². The van der Waals surface area contributed by atoms with Crippen LogP contribution < -0.4 is 16.6 Å². The molecule has 0 saturated heterocycles. The molecule has 4 aromatic rings. The number of halogens is 1. The Labute approximate surface area is 240 Å². The Bertz CT molecular complexity index is 1740. The van der Waals surface area contributed by atoms with Crippen molar-refractivity contribution in [3.05, 3.63) is 96.6 Å². The van der Waals surface area contributed by atoms with Crippen LogP contribution in [0.3, 0.4) is 0 Å². The average Bonchev–Trinajstić information content (AvgIpc) is 3.26. The van der Waals surface area contributed by atoms with Gasteiger partial charge in [-0.15, -0.1) is 0 Å². The zero-order valence-electron chi connectivity index (χ0n) is 22.9. The number of aryl methyl sites for hydroxylation is 3. The molecule has 2 aromatic heterocycles. The fourth-order valence-corrected chi connectivity index (χ4v) is 5.35. The van der Waals surface area contributed by atoms with Gasteiger partial charge in [-0.05, 0) is 82.1 Å². The number of anilines is 1. The van der Waals surface area contributed by atoms with Crippen molar-refractivity contribution in [3.63, 3.8) is 0 Å². The number of nitrogens with zero attached hydrogens (tertiary/aromatic N) is 5. The minimum Gasteiger partial charge on any atom is -0.398 e. The van der Waals surface area contributed by atoms with Crippen LogP contribution >= 0.6 is 15.9 Å². The van der Waals surface area contributed by atoms with Crippen molar-refractivity contribution in [3.8, 4) is 11.6 Å². The van der Waals surface area contributed by atoms with Crippen molar-refractivity contribution in [2.24, 2.45) is 0 Å². The number of nitrogen functional groups attached to an aromatic ring is 1. The Morgan fingerprint density at radius 1 is 1.10 bits per heavy atom. The van der Waals surface area contributed by atoms with Crippen LogP contribution in [0.5, 0.6) is 0 Å². The van der Waals surface area contributed by atoms with Gasteiger partial charge in [-0.3, -0.25) is 14.4 Å². The van der Waals surface area contributed by atoms with E-state index in [0.29, 0.717) is 34.5 Å². The highest BCUT2D eigenvalue weighted by Gasteiger charge is 2.32. The zero-order chi connectivity index (χ0) is 28.9. The molecule has 2 aromatic carbocycles. The van der Waals surface area contributed by atoms with E-state index in [-0.39, 0.29) is 41.6 Å². The molecule has 0 aliphatic carbocycles. The van der Waals surface area contributed by atoms with Crippen LogP contribution in [0.4, 0.5) is 5.69 Å². The molecule has 11 heteroatoms. The number of carbonyl (C=O) groups is 2. The van der Waals surface area contributed by atoms with Gasteiger partial charge in [-0.25, -0.2) is 14.2 Å². The lowest BCUT2D eigenvalue weighted by Crippen LogP contribution is -2.46. The summed E-state index contributed by atoms with van der Waals surface area (Å²) in [5.74, 6) is -0.161. The highest BCUT2D eigenvalue weighted by Crippen LogP contribution is 2.27. The van der Waals surface area contributed by atoms with Crippen LogP contribution in [0.1, 0.15) is 55.8 Å². The number of nitrogens with two attached hydrogens (primary N) is 1. The third-order valence-electron chi connectivity index (χ3n) is 7.23. The molecule has 40 heavy (non-hydrogen) atoms. The van der Waals surface area contributed by atoms with E-state index < -0.39 is 0 Å². The van der Waals surface area contributed by atoms with Gasteiger partial charge in [0.25, 0.3) is 17.4 Å². The quantitative estimate of drug-likeness (QED) is 0.343. The number of nitrogens with one attached hydrogen (secondary N) is 1. The first kappa shape index (κ1) is 27.3. The van der Waals surface area contributed by atoms with E-state index in [1.165, 1.54) is 11.6 Å². The SMILES string of the molecule is CNC(=O)c1ccc(-n2c(-n3nc(C)cc3C)nc3c(c2=O)C[C@@H](C)N(C(=O)c2ccc(Br)c(C)c2)C3)cc1N. The highest BCUT2D eigenvalue weighted by atomic mass is 79.9. The number of carbonyl (C=O) groups excluding carboxylic acids is 2. The van der Waals surface area contributed by atoms with Gasteiger partial charge in [0, 0.05) is 40.1 Å². The largest absolute Gasteiger partial charge is 0.398 e. The van der Waals surface area contributed by atoms with Crippen LogP contribution in [0.2, 0.25) is 0 Å². The van der Waals surface area contributed by atoms with Crippen molar-refractivity contribution in [2.75, 3.05) is 12.8 Å². The standard InChI is InChI=1S/C29H30BrN7O3/c1-15-10-19(6-9-23(15)30)27(39)35-14-25-22(12-17(35)3)28(40)36(29(33-25)37-18(4)11-16(2)34-37)20-7-8-21(24(31)13-20)26(38)32-5/h6-11,13,17H,12,14,31H2,1-5H3,(H,32,38)/t17-/m1/s1. The van der Waals surface area contributed by atoms with Crippen molar-refractivity contribution < 1.29 is 9.59 Å². The molecule has 206 valence electrons. The molecule has 0 saturated carbocycles. The van der Waals surface area contributed by atoms with Crippen molar-refractivity contribution in [2.45, 2.75) is 46.7 Å². The van der Waals surface area contributed by atoms with Gasteiger partial charge in [-0.2, -0.15) is 5.10 Å². The van der Waals surface area contributed by atoms with E-state index in [9.17, 15) is 14.4 Å². The first-order chi connectivity index (χ1) is 19.0. The molecular formula is C29H30BrN7O3. The summed E-state index contributed by atoms with van der Waals surface area (Å²) < 4.78 is 4.02. The van der Waals surface area contributed by atoms with Crippen LogP contribution in [0.25, 0.3) is 11.6 Å². The molecule has 0 unspecified atom stereocenters. The lowest BCUT2D eigenvalue weighted by Gasteiger charge is -2.34. The van der Waals surface area contributed by atoms with Crippen molar-refractivity contribution >= 4 is 33.4 Å². The lowest BCUT2D eigenvalue weighted by atomic mass is 9.98. The predicted molar refractivity (Wildman–Crippen MR) is 156 cm³/mol. The zero-order valence-corrected chi connectivity index (χ0v) is 24.5. The van der Waals surface area contributed by atoms with Gasteiger partial charge in [-0.1, -0.05) is 15.9 Å². The summed E-state index contributed by atoms with van der Waals surface area (Å²) in [6.07, 6.45) is 0.339. The summed E-state index contributed by atoms with van der Waals surface area (Å²) in [6.45, 7) is 7.80. The second kappa shape index (κ2) is 10.4. The van der Waals surface area contributed by atoms with Crippen LogP contribution in [-0.2, 0) is 13.0 Å². The minimum absolute atomic E-state index is 0.120. The normalized spacial score (nSPS) is 14.7. The van der Waals surface area contributed by atoms with Crippen LogP contribution in [-0.4, -0.2) is 49.1 Å². The maximum atomic E-state index is 14.1. The molecule has 10 nitrogen and oxygen atoms in total. The smallest absolute Gasteiger partial charge is 0.263 e. The van der Waals surface area contributed by atoms with Gasteiger partial charge >= 0.3 is 0 Å². The second-order valence-electron chi connectivity index (χ2n) is 10.1. The van der Waals surface area contributed by atoms with Gasteiger partial charge in [0.15, 0.2) is 0 Å². The van der Waals surface area contributed by atoms with Gasteiger partial charge in [0.1, 0.15) is 0 Å². The molecule has 1 atom stereocenters. The maximum Gasteiger partial charge on any atom is 0.263 e. The molecule has 0 fully saturated rings. The Balaban J connectivity index is 1.66. The van der Waals surface area contributed by atoms with Crippen molar-refractivity contribution in [1.29, 1.82) is 0 Å². The molecule has 0 bridgehead atoms. The Hall–Kier alpha value is -4.25. The summed E-state index contributed by atoms with van der Waals surface area (Å²) in [5, 5.41) is 7.16. The summed E-state index contributed by atoms with van der Waals surface area (Å²) in [6, 6.07) is 12.0. The van der Waals surface area contributed by atoms with Gasteiger partial charge < -0.3 is 16.0 Å². The summed E-state index contributed by atoms with van der Waals surface area (Å²) in [4.78, 5) is 46.6. The van der Waals surface area contributed by atoms with Gasteiger partial charge in [0.2, 0.25) is 5.95 Å². The molecule has 3 heterocycles. The third-order valence-corrected chi connectivity index (χ3v) is 8.12. The summed E-state index contributed by atoms with van der Waals surface area (Å²) in [5.41, 5.74) is 11.1. The number of benzene rings is 2. The molecule has 0 spiro atoms. The molecule has 3 N–H and O–H groups in total. The Kier molecular flexibility index (Phi) is 7.09. The highest BCUT2D eigenvalue weighted by molar-refractivity contribution is 9.10. The fourth-order valence-electron chi connectivity index (χ4n) is 5.10. The number of hydrogen-bond donors (Lipinski definition) is 2. The minimum atomic E-state index is -0.321. The Morgan fingerprint density at radius 2 is 1.85 bits per heavy atom. The molecule has 2 amide bonds. The van der Waals surface area contributed by atoms with E-state index in [2.05, 4.69) is 26.3 Å². The van der Waals surface area contributed by atoms with Crippen molar-refractivity contribution in [1.82, 2.24) is 29.5 Å². The third kappa shape index (κ3) is 4.70. The molecular weight excluding hydrogens is 574 g/mol. The molecule has 5 rings (SSSR count). The first-order valence-corrected chi connectivity index (χ1v) is 13.7. The fraction of sp³-hybridized carbons (Fsp3) is 0.276. The van der Waals surface area contributed by atoms with E-state index in [1.54, 1.807) is 33.8 Å². The van der Waals surface area contributed by atoms with E-state index in [4.69, 9.17) is 10.7 Å². The monoisotopic (exact) mass is 603 g/mol. The van der Waals surface area contributed by atoms with E-state index in [1.807, 2.05) is 45.9 Å². The lowest BCUT2D eigenvalue weighted by molar-refractivity contribution is 0.0652. The molecule has 1 aliphatic heterocycles. The second-order valence-corrected chi connectivity index (χ2v) is 11.0. The first-order valence-electron chi connectivity index (χ1n) is 12.9. The summed E-state index contributed by atoms with van der Waals surface area (Å²) >= 11 is 3.49. The number of rotatable bonds is 4. The van der Waals surface area contributed by atoms with Crippen LogP contribution in [0, 0.1) is 20.8 Å². The van der Waals surface area contributed by atoms with Crippen LogP contribution in [0.15, 0.2) is 51.7 Å². The number of hydrogen-bond acceptors (Lipinski definition) is 6. The van der Waals surface area contributed by atoms with Gasteiger partial charge in [0.05, 0.1) is 29.2 Å². The number of aromatic nitrogens is 4. The number of fused-ring (bicyclic) bond motifs is 1. The average molecular weight is 605 g/mol. The number of amides is 2.